The van der Waals surface area contributed by atoms with E-state index in [0.717, 1.165) is 16.9 Å². The van der Waals surface area contributed by atoms with Gasteiger partial charge < -0.3 is 33.9 Å². The second-order valence-corrected chi connectivity index (χ2v) is 9.08. The predicted molar refractivity (Wildman–Crippen MR) is 147 cm³/mol. The molecule has 1 saturated heterocycles. The molecule has 0 spiro atoms. The molecule has 39 heavy (non-hydrogen) atoms. The van der Waals surface area contributed by atoms with E-state index >= 15 is 0 Å². The Balaban J connectivity index is 1.72. The molecule has 206 valence electrons. The van der Waals surface area contributed by atoms with Crippen molar-refractivity contribution in [3.05, 3.63) is 71.8 Å². The van der Waals surface area contributed by atoms with Crippen LogP contribution in [-0.2, 0) is 16.1 Å². The summed E-state index contributed by atoms with van der Waals surface area (Å²) in [6.07, 6.45) is 0.620. The zero-order valence-corrected chi connectivity index (χ0v) is 22.9. The summed E-state index contributed by atoms with van der Waals surface area (Å²) < 4.78 is 27.1. The lowest BCUT2D eigenvalue weighted by atomic mass is 9.83. The molecule has 3 aromatic carbocycles. The molecule has 0 bridgehead atoms. The van der Waals surface area contributed by atoms with Crippen molar-refractivity contribution >= 4 is 17.5 Å². The number of anilines is 1. The van der Waals surface area contributed by atoms with Crippen LogP contribution in [0.1, 0.15) is 30.0 Å². The van der Waals surface area contributed by atoms with E-state index in [1.54, 1.807) is 31.3 Å². The standard InChI is InChI=1S/C30H34N2O7/c1-35-22-10-6-19(7-11-22)18-31-30(34)24-14-15-27(33)32(28(24)20-8-12-23(36-2)13-9-20)21-16-25(37-3)29(39-5)26(17-21)38-4/h6-13,16-17,24,28H,14-15,18H2,1-5H3,(H,31,34)/t24-,28+/m0/s1. The first-order valence-electron chi connectivity index (χ1n) is 12.6. The number of rotatable bonds is 10. The highest BCUT2D eigenvalue weighted by Crippen LogP contribution is 2.46. The highest BCUT2D eigenvalue weighted by Gasteiger charge is 2.42. The minimum atomic E-state index is -0.573. The van der Waals surface area contributed by atoms with Gasteiger partial charge in [-0.25, -0.2) is 0 Å². The van der Waals surface area contributed by atoms with Gasteiger partial charge in [0, 0.05) is 25.1 Å². The van der Waals surface area contributed by atoms with E-state index in [1.165, 1.54) is 21.3 Å². The first-order valence-corrected chi connectivity index (χ1v) is 12.6. The number of piperidine rings is 1. The molecular formula is C30H34N2O7. The van der Waals surface area contributed by atoms with Crippen LogP contribution in [0.25, 0.3) is 0 Å². The number of hydrogen-bond donors (Lipinski definition) is 1. The molecule has 9 nitrogen and oxygen atoms in total. The van der Waals surface area contributed by atoms with Gasteiger partial charge in [-0.2, -0.15) is 0 Å². The normalized spacial score (nSPS) is 16.8. The van der Waals surface area contributed by atoms with Crippen LogP contribution in [0.15, 0.2) is 60.7 Å². The molecule has 0 unspecified atom stereocenters. The first-order chi connectivity index (χ1) is 18.9. The van der Waals surface area contributed by atoms with Gasteiger partial charge in [0.25, 0.3) is 0 Å². The zero-order chi connectivity index (χ0) is 27.9. The molecule has 9 heteroatoms. The number of methoxy groups -OCH3 is 5. The Labute approximate surface area is 228 Å². The molecule has 1 heterocycles. The summed E-state index contributed by atoms with van der Waals surface area (Å²) in [6.45, 7) is 0.354. The summed E-state index contributed by atoms with van der Waals surface area (Å²) >= 11 is 0. The van der Waals surface area contributed by atoms with Crippen molar-refractivity contribution in [2.24, 2.45) is 5.92 Å². The Kier molecular flexibility index (Phi) is 8.81. The van der Waals surface area contributed by atoms with Gasteiger partial charge in [-0.15, -0.1) is 0 Å². The van der Waals surface area contributed by atoms with Crippen LogP contribution in [0.4, 0.5) is 5.69 Å². The van der Waals surface area contributed by atoms with Gasteiger partial charge in [0.15, 0.2) is 11.5 Å². The van der Waals surface area contributed by atoms with E-state index in [1.807, 2.05) is 48.5 Å². The monoisotopic (exact) mass is 534 g/mol. The van der Waals surface area contributed by atoms with Crippen LogP contribution in [0.5, 0.6) is 28.7 Å². The maximum atomic E-state index is 13.7. The molecule has 2 atom stereocenters. The van der Waals surface area contributed by atoms with Gasteiger partial charge in [-0.1, -0.05) is 24.3 Å². The molecule has 4 rings (SSSR count). The van der Waals surface area contributed by atoms with E-state index in [0.29, 0.717) is 41.7 Å². The average Bonchev–Trinajstić information content (AvgIpc) is 2.99. The fourth-order valence-corrected chi connectivity index (χ4v) is 4.92. The smallest absolute Gasteiger partial charge is 0.227 e. The third-order valence-corrected chi connectivity index (χ3v) is 6.94. The fourth-order valence-electron chi connectivity index (χ4n) is 4.92. The highest BCUT2D eigenvalue weighted by molar-refractivity contribution is 5.98. The fraction of sp³-hybridized carbons (Fsp3) is 0.333. The Morgan fingerprint density at radius 3 is 1.90 bits per heavy atom. The van der Waals surface area contributed by atoms with Crippen LogP contribution >= 0.6 is 0 Å². The van der Waals surface area contributed by atoms with Crippen molar-refractivity contribution in [1.29, 1.82) is 0 Å². The molecule has 1 aliphatic heterocycles. The number of benzene rings is 3. The van der Waals surface area contributed by atoms with E-state index in [4.69, 9.17) is 23.7 Å². The Morgan fingerprint density at radius 2 is 1.38 bits per heavy atom. The SMILES string of the molecule is COc1ccc(CNC(=O)[C@H]2CCC(=O)N(c3cc(OC)c(OC)c(OC)c3)[C@@H]2c2ccc(OC)cc2)cc1. The second kappa shape index (κ2) is 12.4. The predicted octanol–water partition coefficient (Wildman–Crippen LogP) is 4.53. The van der Waals surface area contributed by atoms with Crippen molar-refractivity contribution in [2.75, 3.05) is 40.4 Å². The number of carbonyl (C=O) groups excluding carboxylic acids is 2. The Hall–Kier alpha value is -4.40. The molecular weight excluding hydrogens is 500 g/mol. The lowest BCUT2D eigenvalue weighted by Crippen LogP contribution is -2.48. The Bertz CT molecular complexity index is 1270. The number of ether oxygens (including phenoxy) is 5. The van der Waals surface area contributed by atoms with Gasteiger partial charge in [0.05, 0.1) is 53.2 Å². The molecule has 0 aromatic heterocycles. The van der Waals surface area contributed by atoms with Crippen molar-refractivity contribution in [1.82, 2.24) is 5.32 Å². The summed E-state index contributed by atoms with van der Waals surface area (Å²) in [5.74, 6) is 1.92. The number of nitrogens with one attached hydrogen (secondary N) is 1. The zero-order valence-electron chi connectivity index (χ0n) is 22.9. The molecule has 3 aromatic rings. The lowest BCUT2D eigenvalue weighted by Gasteiger charge is -2.41. The summed E-state index contributed by atoms with van der Waals surface area (Å²) in [7, 11) is 7.78. The summed E-state index contributed by atoms with van der Waals surface area (Å²) in [5, 5.41) is 3.07. The average molecular weight is 535 g/mol. The highest BCUT2D eigenvalue weighted by atomic mass is 16.5. The maximum absolute atomic E-state index is 13.7. The Morgan fingerprint density at radius 1 is 0.821 bits per heavy atom. The lowest BCUT2D eigenvalue weighted by molar-refractivity contribution is -0.129. The second-order valence-electron chi connectivity index (χ2n) is 9.08. The molecule has 0 radical (unpaired) electrons. The number of hydrogen-bond acceptors (Lipinski definition) is 7. The van der Waals surface area contributed by atoms with Gasteiger partial charge in [0.1, 0.15) is 11.5 Å². The number of carbonyl (C=O) groups is 2. The summed E-state index contributed by atoms with van der Waals surface area (Å²) in [6, 6.07) is 17.8. The van der Waals surface area contributed by atoms with Gasteiger partial charge in [0.2, 0.25) is 17.6 Å². The van der Waals surface area contributed by atoms with Crippen LogP contribution in [0.3, 0.4) is 0 Å². The number of nitrogens with zero attached hydrogens (tertiary/aromatic N) is 1. The topological polar surface area (TPSA) is 95.6 Å². The molecule has 2 amide bonds. The van der Waals surface area contributed by atoms with Gasteiger partial charge in [-0.3, -0.25) is 9.59 Å². The minimum absolute atomic E-state index is 0.107. The third-order valence-electron chi connectivity index (χ3n) is 6.94. The number of amides is 2. The minimum Gasteiger partial charge on any atom is -0.497 e. The largest absolute Gasteiger partial charge is 0.497 e. The summed E-state index contributed by atoms with van der Waals surface area (Å²) in [4.78, 5) is 28.8. The maximum Gasteiger partial charge on any atom is 0.227 e. The van der Waals surface area contributed by atoms with Crippen LogP contribution in [0.2, 0.25) is 0 Å². The summed E-state index contributed by atoms with van der Waals surface area (Å²) in [5.41, 5.74) is 2.30. The van der Waals surface area contributed by atoms with Crippen molar-refractivity contribution < 1.29 is 33.3 Å². The van der Waals surface area contributed by atoms with Crippen LogP contribution in [-0.4, -0.2) is 47.4 Å². The van der Waals surface area contributed by atoms with E-state index in [-0.39, 0.29) is 18.2 Å². The molecule has 1 aliphatic rings. The van der Waals surface area contributed by atoms with E-state index in [9.17, 15) is 9.59 Å². The van der Waals surface area contributed by atoms with E-state index < -0.39 is 12.0 Å². The van der Waals surface area contributed by atoms with Crippen molar-refractivity contribution in [2.45, 2.75) is 25.4 Å². The van der Waals surface area contributed by atoms with E-state index in [2.05, 4.69) is 5.32 Å². The van der Waals surface area contributed by atoms with Crippen molar-refractivity contribution in [3.63, 3.8) is 0 Å². The quantitative estimate of drug-likeness (QED) is 0.408. The van der Waals surface area contributed by atoms with Gasteiger partial charge >= 0.3 is 0 Å². The molecule has 1 N–H and O–H groups in total. The molecule has 0 saturated carbocycles. The van der Waals surface area contributed by atoms with Crippen LogP contribution in [0, 0.1) is 5.92 Å². The van der Waals surface area contributed by atoms with Crippen molar-refractivity contribution in [3.8, 4) is 28.7 Å². The first kappa shape index (κ1) is 27.6. The third kappa shape index (κ3) is 5.87. The van der Waals surface area contributed by atoms with Crippen LogP contribution < -0.4 is 33.9 Å². The van der Waals surface area contributed by atoms with Gasteiger partial charge in [-0.05, 0) is 41.8 Å². The molecule has 0 aliphatic carbocycles. The molecule has 1 fully saturated rings.